The largest absolute Gasteiger partial charge is 0.508 e. The molecule has 2 aromatic carbocycles. The van der Waals surface area contributed by atoms with Crippen LogP contribution in [0.15, 0.2) is 42.6 Å². The first-order valence-electron chi connectivity index (χ1n) is 11.7. The van der Waals surface area contributed by atoms with Crippen LogP contribution in [-0.4, -0.2) is 55.8 Å². The maximum absolute atomic E-state index is 15.5. The molecule has 1 atom stereocenters. The maximum atomic E-state index is 15.5. The van der Waals surface area contributed by atoms with Crippen LogP contribution in [-0.2, 0) is 6.42 Å². The van der Waals surface area contributed by atoms with E-state index in [0.717, 1.165) is 36.3 Å². The van der Waals surface area contributed by atoms with Gasteiger partial charge in [0.05, 0.1) is 5.69 Å². The zero-order valence-corrected chi connectivity index (χ0v) is 19.4. The Hall–Kier alpha value is -3.49. The molecule has 5 rings (SSSR count). The lowest BCUT2D eigenvalue weighted by molar-refractivity contribution is 0.235. The van der Waals surface area contributed by atoms with Crippen LogP contribution in [0.25, 0.3) is 39.1 Å². The molecule has 1 unspecified atom stereocenters. The molecule has 0 radical (unpaired) electrons. The maximum Gasteiger partial charge on any atom is 0.159 e. The van der Waals surface area contributed by atoms with Crippen molar-refractivity contribution < 1.29 is 9.50 Å². The van der Waals surface area contributed by atoms with E-state index < -0.39 is 0 Å². The van der Waals surface area contributed by atoms with Crippen LogP contribution in [0.4, 0.5) is 4.39 Å². The summed E-state index contributed by atoms with van der Waals surface area (Å²) in [5.41, 5.74) is 10.9. The summed E-state index contributed by atoms with van der Waals surface area (Å²) in [7, 11) is 0. The first kappa shape index (κ1) is 22.3. The van der Waals surface area contributed by atoms with Crippen LogP contribution in [0.5, 0.6) is 5.75 Å². The van der Waals surface area contributed by atoms with Gasteiger partial charge in [-0.1, -0.05) is 25.1 Å². The highest BCUT2D eigenvalue weighted by atomic mass is 19.1. The minimum absolute atomic E-state index is 0.175. The predicted octanol–water partition coefficient (Wildman–Crippen LogP) is 4.46. The van der Waals surface area contributed by atoms with E-state index in [0.29, 0.717) is 47.0 Å². The molecule has 0 spiro atoms. The number of nitrogens with one attached hydrogen (secondary N) is 2. The lowest BCUT2D eigenvalue weighted by Crippen LogP contribution is -2.40. The molecule has 3 heterocycles. The van der Waals surface area contributed by atoms with Gasteiger partial charge in [0.15, 0.2) is 11.6 Å². The first-order chi connectivity index (χ1) is 16.5. The highest BCUT2D eigenvalue weighted by molar-refractivity contribution is 5.94. The third kappa shape index (κ3) is 3.89. The fourth-order valence-electron chi connectivity index (χ4n) is 4.65. The minimum Gasteiger partial charge on any atom is -0.508 e. The van der Waals surface area contributed by atoms with Crippen molar-refractivity contribution in [3.8, 4) is 28.4 Å². The van der Waals surface area contributed by atoms with E-state index in [2.05, 4.69) is 33.1 Å². The number of phenolic OH excluding ortho intramolecular Hbond substituents is 1. The number of phenols is 1. The number of H-pyrrole nitrogens is 2. The number of aryl methyl sites for hydroxylation is 1. The standard InChI is InChI=1S/C26H29FN6O/c1-3-16-12-18(34)4-5-19(16)20-6-7-21-24(23(20)27)31-32-25(21)26-29-14-22(30-26)17-8-10-33(11-9-17)15(2)13-28/h4-8,12,14-15,34H,3,9-11,13,28H2,1-2H3,(H,29,30)(H,31,32). The number of imidazole rings is 1. The monoisotopic (exact) mass is 460 g/mol. The van der Waals surface area contributed by atoms with Crippen LogP contribution < -0.4 is 5.73 Å². The van der Waals surface area contributed by atoms with Crippen molar-refractivity contribution in [2.75, 3.05) is 19.6 Å². The molecular weight excluding hydrogens is 431 g/mol. The van der Waals surface area contributed by atoms with Gasteiger partial charge in [-0.3, -0.25) is 10.00 Å². The number of fused-ring (bicyclic) bond motifs is 1. The zero-order valence-electron chi connectivity index (χ0n) is 19.4. The summed E-state index contributed by atoms with van der Waals surface area (Å²) in [5.74, 6) is 0.410. The van der Waals surface area contributed by atoms with Gasteiger partial charge >= 0.3 is 0 Å². The van der Waals surface area contributed by atoms with E-state index in [4.69, 9.17) is 10.7 Å². The number of rotatable bonds is 6. The Morgan fingerprint density at radius 3 is 2.79 bits per heavy atom. The Morgan fingerprint density at radius 2 is 2.06 bits per heavy atom. The number of halogens is 1. The summed E-state index contributed by atoms with van der Waals surface area (Å²) < 4.78 is 15.5. The molecular formula is C26H29FN6O. The molecule has 176 valence electrons. The number of hydrogen-bond acceptors (Lipinski definition) is 5. The minimum atomic E-state index is -0.368. The molecule has 5 N–H and O–H groups in total. The van der Waals surface area contributed by atoms with Gasteiger partial charge in [0.2, 0.25) is 0 Å². The van der Waals surface area contributed by atoms with Crippen molar-refractivity contribution in [1.29, 1.82) is 0 Å². The van der Waals surface area contributed by atoms with Gasteiger partial charge < -0.3 is 15.8 Å². The van der Waals surface area contributed by atoms with E-state index in [9.17, 15) is 5.11 Å². The second-order valence-electron chi connectivity index (χ2n) is 8.81. The Bertz CT molecular complexity index is 1370. The molecule has 0 fully saturated rings. The van der Waals surface area contributed by atoms with Crippen molar-refractivity contribution in [2.45, 2.75) is 32.7 Å². The summed E-state index contributed by atoms with van der Waals surface area (Å²) in [4.78, 5) is 10.3. The molecule has 2 aromatic heterocycles. The van der Waals surface area contributed by atoms with Gasteiger partial charge in [0, 0.05) is 42.8 Å². The van der Waals surface area contributed by atoms with Gasteiger partial charge in [0.25, 0.3) is 0 Å². The number of aromatic hydroxyl groups is 1. The third-order valence-corrected chi connectivity index (χ3v) is 6.77. The molecule has 0 saturated heterocycles. The summed E-state index contributed by atoms with van der Waals surface area (Å²) in [6.07, 6.45) is 5.68. The number of nitrogens with two attached hydrogens (primary N) is 1. The highest BCUT2D eigenvalue weighted by Gasteiger charge is 2.21. The van der Waals surface area contributed by atoms with Gasteiger partial charge in [0.1, 0.15) is 17.0 Å². The van der Waals surface area contributed by atoms with E-state index in [1.807, 2.05) is 19.2 Å². The summed E-state index contributed by atoms with van der Waals surface area (Å²) in [6.45, 7) is 6.57. The lowest BCUT2D eigenvalue weighted by Gasteiger charge is -2.30. The predicted molar refractivity (Wildman–Crippen MR) is 133 cm³/mol. The van der Waals surface area contributed by atoms with Gasteiger partial charge in [-0.15, -0.1) is 0 Å². The van der Waals surface area contributed by atoms with Crippen molar-refractivity contribution >= 4 is 16.5 Å². The van der Waals surface area contributed by atoms with Crippen LogP contribution >= 0.6 is 0 Å². The van der Waals surface area contributed by atoms with E-state index in [1.165, 1.54) is 5.57 Å². The third-order valence-electron chi connectivity index (χ3n) is 6.77. The van der Waals surface area contributed by atoms with E-state index in [-0.39, 0.29) is 11.6 Å². The first-order valence-corrected chi connectivity index (χ1v) is 11.7. The molecule has 34 heavy (non-hydrogen) atoms. The number of nitrogens with zero attached hydrogens (tertiary/aromatic N) is 3. The SMILES string of the molecule is CCc1cc(O)ccc1-c1ccc2c(-c3nc(C4=CCN(C(C)CN)CC4)c[nH]3)n[nH]c2c1F. The average molecular weight is 461 g/mol. The summed E-state index contributed by atoms with van der Waals surface area (Å²) in [5, 5.41) is 17.7. The summed E-state index contributed by atoms with van der Waals surface area (Å²) >= 11 is 0. The van der Waals surface area contributed by atoms with Gasteiger partial charge in [-0.25, -0.2) is 9.37 Å². The molecule has 1 aliphatic rings. The van der Waals surface area contributed by atoms with Crippen LogP contribution in [0.2, 0.25) is 0 Å². The quantitative estimate of drug-likeness (QED) is 0.340. The normalized spacial score (nSPS) is 15.6. The van der Waals surface area contributed by atoms with Crippen LogP contribution in [0.1, 0.15) is 31.5 Å². The lowest BCUT2D eigenvalue weighted by atomic mass is 9.96. The number of aromatic amines is 2. The Morgan fingerprint density at radius 1 is 1.24 bits per heavy atom. The van der Waals surface area contributed by atoms with Crippen LogP contribution in [0, 0.1) is 5.82 Å². The highest BCUT2D eigenvalue weighted by Crippen LogP contribution is 2.35. The van der Waals surface area contributed by atoms with Crippen molar-refractivity contribution in [3.05, 3.63) is 59.7 Å². The molecule has 4 aromatic rings. The van der Waals surface area contributed by atoms with Gasteiger partial charge in [-0.2, -0.15) is 5.10 Å². The smallest absolute Gasteiger partial charge is 0.159 e. The van der Waals surface area contributed by atoms with Crippen molar-refractivity contribution in [2.24, 2.45) is 5.73 Å². The number of benzene rings is 2. The fourth-order valence-corrected chi connectivity index (χ4v) is 4.65. The zero-order chi connectivity index (χ0) is 23.8. The molecule has 7 nitrogen and oxygen atoms in total. The molecule has 1 aliphatic heterocycles. The topological polar surface area (TPSA) is 107 Å². The molecule has 8 heteroatoms. The second-order valence-corrected chi connectivity index (χ2v) is 8.81. The molecule has 0 aliphatic carbocycles. The van der Waals surface area contributed by atoms with Crippen molar-refractivity contribution in [3.63, 3.8) is 0 Å². The van der Waals surface area contributed by atoms with Crippen molar-refractivity contribution in [1.82, 2.24) is 25.1 Å². The average Bonchev–Trinajstić information content (AvgIpc) is 3.52. The summed E-state index contributed by atoms with van der Waals surface area (Å²) in [6, 6.07) is 9.00. The van der Waals surface area contributed by atoms with Crippen LogP contribution in [0.3, 0.4) is 0 Å². The second kappa shape index (κ2) is 9.04. The fraction of sp³-hybridized carbons (Fsp3) is 0.308. The molecule has 0 bridgehead atoms. The Kier molecular flexibility index (Phi) is 5.93. The van der Waals surface area contributed by atoms with E-state index in [1.54, 1.807) is 24.3 Å². The molecule has 0 amide bonds. The molecule has 0 saturated carbocycles. The van der Waals surface area contributed by atoms with E-state index >= 15 is 4.39 Å². The Labute approximate surface area is 197 Å². The number of aromatic nitrogens is 4. The Balaban J connectivity index is 1.46. The number of hydrogen-bond donors (Lipinski definition) is 4. The van der Waals surface area contributed by atoms with Gasteiger partial charge in [-0.05, 0) is 54.7 Å².